The second-order valence-electron chi connectivity index (χ2n) is 7.22. The monoisotopic (exact) mass is 367 g/mol. The van der Waals surface area contributed by atoms with Gasteiger partial charge in [-0.3, -0.25) is 0 Å². The summed E-state index contributed by atoms with van der Waals surface area (Å²) < 4.78 is 5.87. The molecule has 4 heteroatoms. The van der Waals surface area contributed by atoms with Gasteiger partial charge in [-0.1, -0.05) is 60.7 Å². The summed E-state index contributed by atoms with van der Waals surface area (Å²) in [4.78, 5) is 4.44. The number of methoxy groups -OCH3 is 1. The Hall–Kier alpha value is -3.53. The lowest BCUT2D eigenvalue weighted by molar-refractivity contribution is 0.410. The van der Waals surface area contributed by atoms with E-state index in [0.717, 1.165) is 28.5 Å². The predicted molar refractivity (Wildman–Crippen MR) is 115 cm³/mol. The minimum absolute atomic E-state index is 0.0254. The highest BCUT2D eigenvalue weighted by molar-refractivity contribution is 6.00. The summed E-state index contributed by atoms with van der Waals surface area (Å²) in [5.74, 6) is 0.966. The number of rotatable bonds is 3. The van der Waals surface area contributed by atoms with Crippen molar-refractivity contribution in [2.75, 3.05) is 7.11 Å². The van der Waals surface area contributed by atoms with Crippen molar-refractivity contribution in [3.8, 4) is 5.75 Å². The van der Waals surface area contributed by atoms with Crippen LogP contribution in [0.25, 0.3) is 21.5 Å². The molecule has 0 aliphatic heterocycles. The fourth-order valence-electron chi connectivity index (χ4n) is 4.56. The van der Waals surface area contributed by atoms with Crippen molar-refractivity contribution in [2.24, 2.45) is 16.5 Å². The fourth-order valence-corrected chi connectivity index (χ4v) is 4.56. The third-order valence-electron chi connectivity index (χ3n) is 5.65. The summed E-state index contributed by atoms with van der Waals surface area (Å²) in [6.07, 6.45) is 0.937. The van der Waals surface area contributed by atoms with Gasteiger partial charge in [0.15, 0.2) is 5.96 Å². The topological polar surface area (TPSA) is 73.6 Å². The zero-order valence-electron chi connectivity index (χ0n) is 15.6. The second kappa shape index (κ2) is 6.27. The third-order valence-corrected chi connectivity index (χ3v) is 5.65. The van der Waals surface area contributed by atoms with Crippen LogP contribution < -0.4 is 16.2 Å². The van der Waals surface area contributed by atoms with Crippen molar-refractivity contribution in [1.29, 1.82) is 0 Å². The van der Waals surface area contributed by atoms with Crippen LogP contribution in [0.2, 0.25) is 0 Å². The first-order valence-corrected chi connectivity index (χ1v) is 9.37. The molecular formula is C24H21N3O. The molecule has 4 nitrogen and oxygen atoms in total. The molecule has 0 spiro atoms. The number of hydrogen-bond acceptors (Lipinski definition) is 2. The molecule has 1 unspecified atom stereocenters. The zero-order chi connectivity index (χ0) is 19.3. The van der Waals surface area contributed by atoms with Crippen molar-refractivity contribution < 1.29 is 4.74 Å². The molecule has 0 heterocycles. The van der Waals surface area contributed by atoms with E-state index in [2.05, 4.69) is 53.5 Å². The van der Waals surface area contributed by atoms with Crippen molar-refractivity contribution in [2.45, 2.75) is 12.3 Å². The summed E-state index contributed by atoms with van der Waals surface area (Å²) in [7, 11) is 1.68. The summed E-state index contributed by atoms with van der Waals surface area (Å²) >= 11 is 0. The van der Waals surface area contributed by atoms with Crippen LogP contribution >= 0.6 is 0 Å². The lowest BCUT2D eigenvalue weighted by atomic mass is 9.89. The van der Waals surface area contributed by atoms with E-state index in [1.165, 1.54) is 21.9 Å². The van der Waals surface area contributed by atoms with E-state index in [0.29, 0.717) is 5.69 Å². The number of aliphatic imine (C=N–C) groups is 1. The van der Waals surface area contributed by atoms with Gasteiger partial charge in [0.05, 0.1) is 7.11 Å². The Bertz CT molecular complexity index is 1250. The normalized spacial score (nSPS) is 15.1. The highest BCUT2D eigenvalue weighted by Gasteiger charge is 2.29. The van der Waals surface area contributed by atoms with E-state index in [1.54, 1.807) is 7.11 Å². The molecule has 5 rings (SSSR count). The van der Waals surface area contributed by atoms with E-state index < -0.39 is 0 Å². The van der Waals surface area contributed by atoms with E-state index in [4.69, 9.17) is 16.2 Å². The fraction of sp³-hybridized carbons (Fsp3) is 0.125. The summed E-state index contributed by atoms with van der Waals surface area (Å²) in [5, 5.41) is 4.71. The minimum atomic E-state index is 0.0254. The molecule has 1 aliphatic rings. The second-order valence-corrected chi connectivity index (χ2v) is 7.22. The van der Waals surface area contributed by atoms with Crippen LogP contribution in [0.4, 0.5) is 5.69 Å². The summed E-state index contributed by atoms with van der Waals surface area (Å²) in [6, 6.07) is 23.4. The van der Waals surface area contributed by atoms with Gasteiger partial charge < -0.3 is 16.2 Å². The van der Waals surface area contributed by atoms with Gasteiger partial charge in [-0.25, -0.2) is 4.99 Å². The number of nitrogens with two attached hydrogens (primary N) is 2. The Kier molecular flexibility index (Phi) is 3.72. The van der Waals surface area contributed by atoms with E-state index >= 15 is 0 Å². The van der Waals surface area contributed by atoms with Crippen LogP contribution in [-0.2, 0) is 6.42 Å². The molecule has 0 saturated carbocycles. The van der Waals surface area contributed by atoms with Crippen molar-refractivity contribution >= 4 is 33.2 Å². The van der Waals surface area contributed by atoms with Gasteiger partial charge in [0.25, 0.3) is 0 Å². The molecule has 1 aliphatic carbocycles. The first-order valence-electron chi connectivity index (χ1n) is 9.37. The number of fused-ring (bicyclic) bond motifs is 1. The van der Waals surface area contributed by atoms with Gasteiger partial charge in [-0.2, -0.15) is 0 Å². The number of nitrogens with zero attached hydrogens (tertiary/aromatic N) is 1. The van der Waals surface area contributed by atoms with Crippen LogP contribution in [0, 0.1) is 0 Å². The Morgan fingerprint density at radius 2 is 1.68 bits per heavy atom. The quantitative estimate of drug-likeness (QED) is 0.411. The predicted octanol–water partition coefficient (Wildman–Crippen LogP) is 4.59. The van der Waals surface area contributed by atoms with E-state index in [9.17, 15) is 0 Å². The molecule has 4 aromatic rings. The molecular weight excluding hydrogens is 346 g/mol. The number of benzene rings is 4. The molecule has 0 aromatic heterocycles. The van der Waals surface area contributed by atoms with E-state index in [-0.39, 0.29) is 11.9 Å². The first-order chi connectivity index (χ1) is 13.7. The Labute approximate surface area is 163 Å². The average molecular weight is 367 g/mol. The molecule has 4 aromatic carbocycles. The van der Waals surface area contributed by atoms with Crippen LogP contribution in [-0.4, -0.2) is 13.1 Å². The van der Waals surface area contributed by atoms with Gasteiger partial charge in [0, 0.05) is 16.9 Å². The molecule has 0 bridgehead atoms. The molecule has 4 N–H and O–H groups in total. The first kappa shape index (κ1) is 16.6. The Morgan fingerprint density at radius 3 is 2.46 bits per heavy atom. The molecule has 0 fully saturated rings. The standard InChI is InChI=1S/C24H21N3O/c1-28-23-20(12-15-6-2-3-10-17(15)22(23)27-24(25)26)19-13-16-9-4-7-14-8-5-11-18(19)21(14)16/h2-12,19H,13H2,1H3,(H4,25,26,27). The Morgan fingerprint density at radius 1 is 0.929 bits per heavy atom. The average Bonchev–Trinajstić information content (AvgIpc) is 3.08. The largest absolute Gasteiger partial charge is 0.494 e. The maximum Gasteiger partial charge on any atom is 0.191 e. The molecule has 0 radical (unpaired) electrons. The minimum Gasteiger partial charge on any atom is -0.494 e. The molecule has 0 amide bonds. The zero-order valence-corrected chi connectivity index (χ0v) is 15.6. The van der Waals surface area contributed by atoms with Gasteiger partial charge in [0.2, 0.25) is 0 Å². The summed E-state index contributed by atoms with van der Waals surface area (Å²) in [6.45, 7) is 0. The highest BCUT2D eigenvalue weighted by atomic mass is 16.5. The van der Waals surface area contributed by atoms with Gasteiger partial charge >= 0.3 is 0 Å². The molecule has 1 atom stereocenters. The van der Waals surface area contributed by atoms with E-state index in [1.807, 2.05) is 18.2 Å². The smallest absolute Gasteiger partial charge is 0.191 e. The van der Waals surface area contributed by atoms with Gasteiger partial charge in [0.1, 0.15) is 11.4 Å². The maximum absolute atomic E-state index is 5.87. The van der Waals surface area contributed by atoms with Crippen molar-refractivity contribution in [3.63, 3.8) is 0 Å². The third kappa shape index (κ3) is 2.42. The van der Waals surface area contributed by atoms with Crippen molar-refractivity contribution in [1.82, 2.24) is 0 Å². The number of ether oxygens (including phenoxy) is 1. The van der Waals surface area contributed by atoms with Crippen molar-refractivity contribution in [3.05, 3.63) is 83.4 Å². The van der Waals surface area contributed by atoms with Gasteiger partial charge in [-0.05, 0) is 39.8 Å². The Balaban J connectivity index is 1.81. The number of guanidine groups is 1. The highest BCUT2D eigenvalue weighted by Crippen LogP contribution is 2.49. The lowest BCUT2D eigenvalue weighted by Crippen LogP contribution is -2.22. The van der Waals surface area contributed by atoms with Crippen LogP contribution in [0.15, 0.2) is 71.7 Å². The maximum atomic E-state index is 5.87. The van der Waals surface area contributed by atoms with Crippen LogP contribution in [0.3, 0.4) is 0 Å². The van der Waals surface area contributed by atoms with Crippen LogP contribution in [0.1, 0.15) is 22.6 Å². The lowest BCUT2D eigenvalue weighted by Gasteiger charge is -2.20. The van der Waals surface area contributed by atoms with Gasteiger partial charge in [-0.15, -0.1) is 0 Å². The van der Waals surface area contributed by atoms with Crippen LogP contribution in [0.5, 0.6) is 5.75 Å². The molecule has 138 valence electrons. The molecule has 0 saturated heterocycles. The number of hydrogen-bond donors (Lipinski definition) is 2. The molecule has 28 heavy (non-hydrogen) atoms. The SMILES string of the molecule is COc1c(C2Cc3cccc4cccc2c34)cc2ccccc2c1N=C(N)N. The summed E-state index contributed by atoms with van der Waals surface area (Å²) in [5.41, 5.74) is 16.0.